The van der Waals surface area contributed by atoms with E-state index in [1.807, 2.05) is 0 Å². The molecular weight excluding hydrogens is 538 g/mol. The first-order valence-electron chi connectivity index (χ1n) is 15.4. The average molecular weight is 584 g/mol. The van der Waals surface area contributed by atoms with Crippen LogP contribution in [-0.4, -0.2) is 69.1 Å². The Hall–Kier alpha value is -2.31. The van der Waals surface area contributed by atoms with E-state index < -0.39 is 52.7 Å². The number of rotatable bonds is 11. The van der Waals surface area contributed by atoms with Gasteiger partial charge in [-0.05, 0) is 95.3 Å². The zero-order valence-corrected chi connectivity index (χ0v) is 23.6. The minimum Gasteiger partial charge on any atom is -0.481 e. The van der Waals surface area contributed by atoms with Crippen molar-refractivity contribution in [1.29, 1.82) is 0 Å². The van der Waals surface area contributed by atoms with Crippen molar-refractivity contribution in [2.24, 2.45) is 35.5 Å². The normalized spacial score (nSPS) is 38.1. The molecule has 0 radical (unpaired) electrons. The minimum absolute atomic E-state index is 0.0116. The van der Waals surface area contributed by atoms with Gasteiger partial charge in [-0.2, -0.15) is 0 Å². The molecule has 4 aliphatic carbocycles. The number of carbonyl (C=O) groups is 3. The number of aliphatic hydroxyl groups excluding tert-OH is 1. The Morgan fingerprint density at radius 2 is 1.32 bits per heavy atom. The Balaban J connectivity index is 1.12. The summed E-state index contributed by atoms with van der Waals surface area (Å²) < 4.78 is 5.70. The monoisotopic (exact) mass is 583 g/mol. The van der Waals surface area contributed by atoms with Crippen LogP contribution in [0.15, 0.2) is 0 Å². The van der Waals surface area contributed by atoms with Gasteiger partial charge in [-0.25, -0.2) is 9.78 Å². The highest BCUT2D eigenvalue weighted by Crippen LogP contribution is 2.38. The van der Waals surface area contributed by atoms with Crippen molar-refractivity contribution in [2.75, 3.05) is 6.61 Å². The van der Waals surface area contributed by atoms with E-state index in [9.17, 15) is 39.8 Å². The second-order valence-corrected chi connectivity index (χ2v) is 12.8. The number of aliphatic carboxylic acids is 2. The zero-order valence-electron chi connectivity index (χ0n) is 23.6. The number of esters is 1. The van der Waals surface area contributed by atoms with Gasteiger partial charge in [-0.3, -0.25) is 24.5 Å². The van der Waals surface area contributed by atoms with E-state index in [-0.39, 0.29) is 44.0 Å². The highest BCUT2D eigenvalue weighted by molar-refractivity contribution is 5.81. The maximum atomic E-state index is 12.8. The van der Waals surface area contributed by atoms with Gasteiger partial charge in [0.2, 0.25) is 6.04 Å². The molecule has 3 N–H and O–H groups in total. The molecule has 232 valence electrons. The van der Waals surface area contributed by atoms with Gasteiger partial charge >= 0.3 is 17.9 Å². The lowest BCUT2D eigenvalue weighted by molar-refractivity contribution is -0.528. The van der Waals surface area contributed by atoms with Gasteiger partial charge in [0.05, 0.1) is 36.6 Å². The number of aliphatic hydroxyl groups is 1. The third-order valence-corrected chi connectivity index (χ3v) is 10.0. The quantitative estimate of drug-likeness (QED) is 0.138. The fraction of sp³-hybridized carbons (Fsp3) is 0.897. The first-order chi connectivity index (χ1) is 19.6. The predicted molar refractivity (Wildman–Crippen MR) is 143 cm³/mol. The molecule has 4 aliphatic rings. The Bertz CT molecular complexity index is 912. The number of hydrogen-bond donors (Lipinski definition) is 3. The van der Waals surface area contributed by atoms with Crippen LogP contribution in [0, 0.1) is 45.6 Å². The van der Waals surface area contributed by atoms with E-state index in [1.54, 1.807) is 0 Å². The van der Waals surface area contributed by atoms with Crippen molar-refractivity contribution < 1.29 is 49.1 Å². The summed E-state index contributed by atoms with van der Waals surface area (Å²) in [6.07, 6.45) is 9.03. The fourth-order valence-corrected chi connectivity index (χ4v) is 7.54. The standard InChI is InChI=1S/C29H45NO11/c31-21-6-12-24(27(32)33)19(14-21)16-39-41-23-9-3-18(4-10-23)13-17-1-7-22(8-2-17)40-29(36)26-15-20(30(37)38)5-11-25(26)28(34)35/h17-26,31H,1-16H2,(H,32,33)(H,34,35). The first-order valence-corrected chi connectivity index (χ1v) is 15.4. The fourth-order valence-electron chi connectivity index (χ4n) is 7.54. The Morgan fingerprint density at radius 1 is 0.732 bits per heavy atom. The summed E-state index contributed by atoms with van der Waals surface area (Å²) in [6.45, 7) is 0.176. The maximum absolute atomic E-state index is 12.8. The van der Waals surface area contributed by atoms with Crippen molar-refractivity contribution in [2.45, 2.75) is 121 Å². The van der Waals surface area contributed by atoms with Crippen molar-refractivity contribution in [3.05, 3.63) is 10.1 Å². The van der Waals surface area contributed by atoms with Gasteiger partial charge < -0.3 is 20.1 Å². The van der Waals surface area contributed by atoms with Crippen LogP contribution in [0.4, 0.5) is 0 Å². The molecule has 6 unspecified atom stereocenters. The molecule has 0 aliphatic heterocycles. The SMILES string of the molecule is O=C(O)C1CCC(O)CC1COOC1CCC(CC2CCC(OC(=O)C3CC([N+](=O)[O-])CCC3C(=O)O)CC2)CC1. The van der Waals surface area contributed by atoms with Crippen molar-refractivity contribution in [3.63, 3.8) is 0 Å². The molecule has 0 saturated heterocycles. The number of carboxylic acids is 2. The lowest BCUT2D eigenvalue weighted by Gasteiger charge is -2.35. The highest BCUT2D eigenvalue weighted by atomic mass is 17.2. The summed E-state index contributed by atoms with van der Waals surface area (Å²) in [7, 11) is 0. The third-order valence-electron chi connectivity index (χ3n) is 10.0. The molecule has 0 aromatic rings. The van der Waals surface area contributed by atoms with Crippen LogP contribution in [-0.2, 0) is 28.9 Å². The van der Waals surface area contributed by atoms with Gasteiger partial charge in [0.25, 0.3) is 0 Å². The van der Waals surface area contributed by atoms with Crippen molar-refractivity contribution in [1.82, 2.24) is 0 Å². The van der Waals surface area contributed by atoms with Gasteiger partial charge in [0, 0.05) is 23.7 Å². The molecule has 12 heteroatoms. The lowest BCUT2D eigenvalue weighted by Crippen LogP contribution is -2.42. The summed E-state index contributed by atoms with van der Waals surface area (Å²) in [5, 5.41) is 40.1. The Labute approximate surface area is 240 Å². The molecule has 6 atom stereocenters. The van der Waals surface area contributed by atoms with Crippen LogP contribution in [0.3, 0.4) is 0 Å². The summed E-state index contributed by atoms with van der Waals surface area (Å²) >= 11 is 0. The predicted octanol–water partition coefficient (Wildman–Crippen LogP) is 3.99. The highest BCUT2D eigenvalue weighted by Gasteiger charge is 2.45. The average Bonchev–Trinajstić information content (AvgIpc) is 2.94. The number of carboxylic acid groups (broad SMARTS) is 2. The molecular formula is C29H45NO11. The number of nitrogens with zero attached hydrogens (tertiary/aromatic N) is 1. The molecule has 0 spiro atoms. The van der Waals surface area contributed by atoms with Gasteiger partial charge in [-0.1, -0.05) is 0 Å². The van der Waals surface area contributed by atoms with E-state index >= 15 is 0 Å². The molecule has 0 aromatic heterocycles. The van der Waals surface area contributed by atoms with Gasteiger partial charge in [-0.15, -0.1) is 0 Å². The summed E-state index contributed by atoms with van der Waals surface area (Å²) in [4.78, 5) is 57.9. The molecule has 4 saturated carbocycles. The van der Waals surface area contributed by atoms with Crippen LogP contribution in [0.5, 0.6) is 0 Å². The van der Waals surface area contributed by atoms with Gasteiger partial charge in [0.1, 0.15) is 6.10 Å². The van der Waals surface area contributed by atoms with Crippen LogP contribution >= 0.6 is 0 Å². The second-order valence-electron chi connectivity index (χ2n) is 12.8. The topological polar surface area (TPSA) is 183 Å². The summed E-state index contributed by atoms with van der Waals surface area (Å²) in [5.74, 6) is -4.08. The van der Waals surface area contributed by atoms with E-state index in [0.717, 1.165) is 57.8 Å². The molecule has 12 nitrogen and oxygen atoms in total. The molecule has 41 heavy (non-hydrogen) atoms. The number of carbonyl (C=O) groups excluding carboxylic acids is 1. The third kappa shape index (κ3) is 8.84. The van der Waals surface area contributed by atoms with E-state index in [4.69, 9.17) is 14.5 Å². The molecule has 0 aromatic carbocycles. The van der Waals surface area contributed by atoms with E-state index in [2.05, 4.69) is 0 Å². The molecule has 0 bridgehead atoms. The Morgan fingerprint density at radius 3 is 1.90 bits per heavy atom. The van der Waals surface area contributed by atoms with Crippen LogP contribution in [0.1, 0.15) is 96.3 Å². The number of nitro groups is 1. The van der Waals surface area contributed by atoms with Gasteiger partial charge in [0.15, 0.2) is 0 Å². The second kappa shape index (κ2) is 14.7. The number of ether oxygens (including phenoxy) is 1. The smallest absolute Gasteiger partial charge is 0.310 e. The zero-order chi connectivity index (χ0) is 29.5. The number of hydrogen-bond acceptors (Lipinski definition) is 9. The molecule has 0 amide bonds. The largest absolute Gasteiger partial charge is 0.481 e. The van der Waals surface area contributed by atoms with E-state index in [1.165, 1.54) is 0 Å². The molecule has 4 fully saturated rings. The van der Waals surface area contributed by atoms with Crippen molar-refractivity contribution in [3.8, 4) is 0 Å². The molecule has 4 rings (SSSR count). The minimum atomic E-state index is -1.10. The van der Waals surface area contributed by atoms with Crippen LogP contribution in [0.2, 0.25) is 0 Å². The van der Waals surface area contributed by atoms with Crippen LogP contribution in [0.25, 0.3) is 0 Å². The summed E-state index contributed by atoms with van der Waals surface area (Å²) in [5.41, 5.74) is 0. The first kappa shape index (κ1) is 31.6. The van der Waals surface area contributed by atoms with E-state index in [0.29, 0.717) is 31.1 Å². The van der Waals surface area contributed by atoms with Crippen LogP contribution < -0.4 is 0 Å². The lowest BCUT2D eigenvalue weighted by atomic mass is 9.76. The molecule has 0 heterocycles. The Kier molecular flexibility index (Phi) is 11.4. The summed E-state index contributed by atoms with van der Waals surface area (Å²) in [6, 6.07) is -0.902. The van der Waals surface area contributed by atoms with Crippen molar-refractivity contribution >= 4 is 17.9 Å². The maximum Gasteiger partial charge on any atom is 0.310 e.